The smallest absolute Gasteiger partial charge is 0.223 e. The number of hydrogen-bond acceptors (Lipinski definition) is 1. The molecule has 0 bridgehead atoms. The lowest BCUT2D eigenvalue weighted by Crippen LogP contribution is -2.21. The van der Waals surface area contributed by atoms with Gasteiger partial charge in [-0.1, -0.05) is 25.7 Å². The zero-order valence-corrected chi connectivity index (χ0v) is 13.4. The quantitative estimate of drug-likeness (QED) is 0.669. The molecule has 0 aromatic rings. The van der Waals surface area contributed by atoms with Gasteiger partial charge >= 0.3 is 0 Å². The summed E-state index contributed by atoms with van der Waals surface area (Å²) in [5.41, 5.74) is 0.940. The minimum atomic E-state index is -0.736. The van der Waals surface area contributed by atoms with Crippen molar-refractivity contribution in [3.05, 3.63) is 35.4 Å². The van der Waals surface area contributed by atoms with Gasteiger partial charge in [-0.15, -0.1) is 0 Å². The molecule has 1 amide bonds. The molecule has 18 heavy (non-hydrogen) atoms. The van der Waals surface area contributed by atoms with Gasteiger partial charge in [0.15, 0.2) is 0 Å². The molecule has 0 saturated heterocycles. The predicted octanol–water partition coefficient (Wildman–Crippen LogP) is 3.91. The van der Waals surface area contributed by atoms with Crippen molar-refractivity contribution in [3.63, 3.8) is 0 Å². The summed E-state index contributed by atoms with van der Waals surface area (Å²) in [4.78, 5) is 14.0. The van der Waals surface area contributed by atoms with Gasteiger partial charge in [-0.2, -0.15) is 0 Å². The monoisotopic (exact) mass is 269 g/mol. The van der Waals surface area contributed by atoms with E-state index in [1.54, 1.807) is 18.9 Å². The Morgan fingerprint density at radius 3 is 2.33 bits per heavy atom. The van der Waals surface area contributed by atoms with E-state index in [1.807, 2.05) is 19.1 Å². The lowest BCUT2D eigenvalue weighted by molar-refractivity contribution is -0.125. The third-order valence-corrected chi connectivity index (χ3v) is 6.03. The van der Waals surface area contributed by atoms with Crippen LogP contribution < -0.4 is 0 Å². The van der Waals surface area contributed by atoms with Crippen LogP contribution in [0.5, 0.6) is 0 Å². The molecule has 0 aromatic heterocycles. The minimum absolute atomic E-state index is 0.0490. The second kappa shape index (κ2) is 7.47. The second-order valence-electron chi connectivity index (χ2n) is 4.95. The molecule has 0 aliphatic heterocycles. The molecule has 0 unspecified atom stereocenters. The van der Waals surface area contributed by atoms with E-state index >= 15 is 0 Å². The Morgan fingerprint density at radius 1 is 1.33 bits per heavy atom. The number of nitrogens with zero attached hydrogens (tertiary/aromatic N) is 1. The van der Waals surface area contributed by atoms with Gasteiger partial charge in [0.05, 0.1) is 0 Å². The van der Waals surface area contributed by atoms with Gasteiger partial charge in [0.2, 0.25) is 5.91 Å². The average molecular weight is 269 g/mol. The molecule has 0 radical (unpaired) electrons. The molecule has 0 heterocycles. The Hall–Kier alpha value is -0.960. The van der Waals surface area contributed by atoms with Crippen molar-refractivity contribution in [2.24, 2.45) is 0 Å². The maximum atomic E-state index is 11.2. The molecule has 2 nitrogen and oxygen atoms in total. The van der Waals surface area contributed by atoms with Crippen LogP contribution in [0.3, 0.4) is 0 Å². The molecule has 0 aromatic carbocycles. The van der Waals surface area contributed by atoms with E-state index in [1.165, 1.54) is 17.1 Å². The van der Waals surface area contributed by atoms with E-state index in [2.05, 4.69) is 32.1 Å². The molecule has 104 valence electrons. The van der Waals surface area contributed by atoms with Crippen LogP contribution in [0.4, 0.5) is 0 Å². The number of carbonyl (C=O) groups excluding carboxylic acids is 1. The van der Waals surface area contributed by atoms with E-state index in [0.717, 1.165) is 5.70 Å². The summed E-state index contributed by atoms with van der Waals surface area (Å²) in [5.74, 6) is 1.26. The highest BCUT2D eigenvalue weighted by Crippen LogP contribution is 2.48. The summed E-state index contributed by atoms with van der Waals surface area (Å²) in [6.07, 6.45) is 11.8. The van der Waals surface area contributed by atoms with Crippen LogP contribution in [0.25, 0.3) is 0 Å². The number of hydrogen-bond donors (Lipinski definition) is 0. The van der Waals surface area contributed by atoms with Crippen LogP contribution in [0, 0.1) is 0 Å². The van der Waals surface area contributed by atoms with Crippen LogP contribution in [-0.2, 0) is 4.79 Å². The lowest BCUT2D eigenvalue weighted by Gasteiger charge is -2.31. The second-order valence-corrected chi connectivity index (χ2v) is 8.96. The number of carbonyl (C=O) groups is 1. The Bertz CT molecular complexity index is 367. The molecule has 0 spiro atoms. The Kier molecular flexibility index (Phi) is 7.07. The summed E-state index contributed by atoms with van der Waals surface area (Å²) in [5, 5.41) is 0. The van der Waals surface area contributed by atoms with Gasteiger partial charge in [-0.3, -0.25) is 4.79 Å². The summed E-state index contributed by atoms with van der Waals surface area (Å²) < 4.78 is 0. The fourth-order valence-corrected chi connectivity index (χ4v) is 3.21. The largest absolute Gasteiger partial charge is 0.320 e. The summed E-state index contributed by atoms with van der Waals surface area (Å²) >= 11 is 0. The fraction of sp³-hybridized carbons (Fsp3) is 0.533. The molecule has 0 atom stereocenters. The molecular weight excluding hydrogens is 242 g/mol. The minimum Gasteiger partial charge on any atom is -0.320 e. The SMILES string of the molecule is C=C(/C=C\C=C(/C)N(C)C(C)=O)S(C)(C)CCC. The molecular formula is C15H27NOS. The highest BCUT2D eigenvalue weighted by molar-refractivity contribution is 8.35. The third kappa shape index (κ3) is 5.58. The van der Waals surface area contributed by atoms with Crippen LogP contribution in [0.15, 0.2) is 35.4 Å². The zero-order valence-electron chi connectivity index (χ0n) is 12.6. The summed E-state index contributed by atoms with van der Waals surface area (Å²) in [6, 6.07) is 0. The summed E-state index contributed by atoms with van der Waals surface area (Å²) in [7, 11) is 1.04. The standard InChI is InChI=1S/C15H27NOS/c1-8-12-18(6,7)14(3)11-9-10-13(2)16(5)15(4)17/h9-11H,3,8,12H2,1-2,4-7H3/b11-9-,13-10+. The molecule has 0 rings (SSSR count). The highest BCUT2D eigenvalue weighted by Gasteiger charge is 2.11. The molecule has 0 aliphatic rings. The maximum Gasteiger partial charge on any atom is 0.223 e. The zero-order chi connectivity index (χ0) is 14.3. The Balaban J connectivity index is 4.63. The first-order chi connectivity index (χ1) is 8.22. The first-order valence-electron chi connectivity index (χ1n) is 6.21. The number of amides is 1. The van der Waals surface area contributed by atoms with Crippen molar-refractivity contribution in [1.82, 2.24) is 4.90 Å². The van der Waals surface area contributed by atoms with Gasteiger partial charge < -0.3 is 4.90 Å². The van der Waals surface area contributed by atoms with E-state index in [0.29, 0.717) is 0 Å². The predicted molar refractivity (Wildman–Crippen MR) is 85.1 cm³/mol. The van der Waals surface area contributed by atoms with Crippen molar-refractivity contribution in [2.45, 2.75) is 27.2 Å². The van der Waals surface area contributed by atoms with Gasteiger partial charge in [-0.05, 0) is 42.6 Å². The fourth-order valence-electron chi connectivity index (χ4n) is 1.48. The van der Waals surface area contributed by atoms with Crippen molar-refractivity contribution in [3.8, 4) is 0 Å². The molecule has 0 aliphatic carbocycles. The van der Waals surface area contributed by atoms with Crippen LogP contribution in [0.1, 0.15) is 27.2 Å². The van der Waals surface area contributed by atoms with Crippen molar-refractivity contribution < 1.29 is 4.79 Å². The first-order valence-corrected chi connectivity index (χ1v) is 8.83. The van der Waals surface area contributed by atoms with E-state index < -0.39 is 10.0 Å². The molecule has 0 saturated carbocycles. The Labute approximate surface area is 114 Å². The van der Waals surface area contributed by atoms with Crippen LogP contribution in [-0.4, -0.2) is 36.1 Å². The lowest BCUT2D eigenvalue weighted by atomic mass is 10.3. The molecule has 3 heteroatoms. The van der Waals surface area contributed by atoms with E-state index in [4.69, 9.17) is 0 Å². The van der Waals surface area contributed by atoms with Crippen LogP contribution in [0.2, 0.25) is 0 Å². The van der Waals surface area contributed by atoms with Crippen molar-refractivity contribution in [1.29, 1.82) is 0 Å². The van der Waals surface area contributed by atoms with Crippen molar-refractivity contribution in [2.75, 3.05) is 25.3 Å². The van der Waals surface area contributed by atoms with Crippen LogP contribution >= 0.6 is 10.0 Å². The number of allylic oxidation sites excluding steroid dienone is 4. The van der Waals surface area contributed by atoms with E-state index in [-0.39, 0.29) is 5.91 Å². The summed E-state index contributed by atoms with van der Waals surface area (Å²) in [6.45, 7) is 9.86. The van der Waals surface area contributed by atoms with Gasteiger partial charge in [0.25, 0.3) is 0 Å². The average Bonchev–Trinajstić information content (AvgIpc) is 2.27. The number of rotatable bonds is 6. The molecule has 0 N–H and O–H groups in total. The maximum absolute atomic E-state index is 11.2. The van der Waals surface area contributed by atoms with Crippen molar-refractivity contribution >= 4 is 15.9 Å². The van der Waals surface area contributed by atoms with Gasteiger partial charge in [-0.25, -0.2) is 10.0 Å². The van der Waals surface area contributed by atoms with E-state index in [9.17, 15) is 4.79 Å². The highest BCUT2D eigenvalue weighted by atomic mass is 32.3. The topological polar surface area (TPSA) is 20.3 Å². The normalized spacial score (nSPS) is 13.8. The van der Waals surface area contributed by atoms with Gasteiger partial charge in [0.1, 0.15) is 0 Å². The first kappa shape index (κ1) is 17.0. The van der Waals surface area contributed by atoms with Gasteiger partial charge in [0, 0.05) is 19.7 Å². The Morgan fingerprint density at radius 2 is 1.89 bits per heavy atom. The third-order valence-electron chi connectivity index (χ3n) is 3.05. The molecule has 0 fully saturated rings.